The third-order valence-corrected chi connectivity index (χ3v) is 19.5. The molecule has 0 radical (unpaired) electrons. The van der Waals surface area contributed by atoms with Crippen molar-refractivity contribution in [3.8, 4) is 11.5 Å². The van der Waals surface area contributed by atoms with Crippen molar-refractivity contribution in [3.63, 3.8) is 0 Å². The molecule has 4 saturated carbocycles. The van der Waals surface area contributed by atoms with Gasteiger partial charge in [-0.3, -0.25) is 4.79 Å². The predicted molar refractivity (Wildman–Crippen MR) is 219 cm³/mol. The Bertz CT molecular complexity index is 1680. The van der Waals surface area contributed by atoms with Gasteiger partial charge in [0, 0.05) is 18.9 Å². The van der Waals surface area contributed by atoms with E-state index >= 15 is 0 Å². The summed E-state index contributed by atoms with van der Waals surface area (Å²) >= 11 is 0. The van der Waals surface area contributed by atoms with Gasteiger partial charge in [0.2, 0.25) is 0 Å². The fourth-order valence-electron chi connectivity index (χ4n) is 10.9. The van der Waals surface area contributed by atoms with E-state index in [1.165, 1.54) is 32.1 Å². The van der Waals surface area contributed by atoms with Gasteiger partial charge < -0.3 is 13.9 Å². The molecule has 0 saturated heterocycles. The van der Waals surface area contributed by atoms with Crippen molar-refractivity contribution in [2.24, 2.45) is 40.4 Å². The standard InChI is InChI=1S/C48H64O4Si/c1-46(2,3)53(6,7)52-44-22-21-42-45-37(29-38-30-39(49)23-25-47(38,4)43(45)24-26-48(42,44)5)20-14-19-36-27-40(50-32-34-15-10-8-11-16-34)31-41(28-36)51-33-35-17-12-9-13-18-35/h8-19,27-28,31,37-38,42-45H,20-26,29-30,32-33H2,1-7H3/t37?,38?,42-,43+,44?,45-,47-,48-/m0/s1. The van der Waals surface area contributed by atoms with Crippen LogP contribution < -0.4 is 9.47 Å². The molecule has 4 fully saturated rings. The van der Waals surface area contributed by atoms with Crippen LogP contribution in [0.3, 0.4) is 0 Å². The number of fused-ring (bicyclic) bond motifs is 5. The number of hydrogen-bond donors (Lipinski definition) is 0. The molecule has 3 unspecified atom stereocenters. The number of Topliss-reactive ketones (excluding diaryl/α,β-unsaturated/α-hetero) is 1. The third-order valence-electron chi connectivity index (χ3n) is 15.0. The summed E-state index contributed by atoms with van der Waals surface area (Å²) in [6, 6.07) is 27.0. The summed E-state index contributed by atoms with van der Waals surface area (Å²) < 4.78 is 20.0. The van der Waals surface area contributed by atoms with E-state index in [0.29, 0.717) is 54.7 Å². The van der Waals surface area contributed by atoms with Crippen LogP contribution in [-0.4, -0.2) is 20.2 Å². The number of ketones is 1. The molecule has 0 bridgehead atoms. The average Bonchev–Trinajstić information content (AvgIpc) is 3.45. The molecule has 3 aromatic carbocycles. The van der Waals surface area contributed by atoms with E-state index in [1.54, 1.807) is 0 Å². The minimum Gasteiger partial charge on any atom is -0.489 e. The molecule has 284 valence electrons. The Balaban J connectivity index is 1.14. The van der Waals surface area contributed by atoms with Gasteiger partial charge in [-0.05, 0) is 132 Å². The highest BCUT2D eigenvalue weighted by molar-refractivity contribution is 6.74. The van der Waals surface area contributed by atoms with Crippen molar-refractivity contribution in [1.29, 1.82) is 0 Å². The van der Waals surface area contributed by atoms with Crippen LogP contribution in [0.4, 0.5) is 0 Å². The number of benzene rings is 3. The molecular formula is C48H64O4Si. The summed E-state index contributed by atoms with van der Waals surface area (Å²) in [7, 11) is -1.89. The highest BCUT2D eigenvalue weighted by Crippen LogP contribution is 2.68. The normalized spacial score (nSPS) is 31.5. The van der Waals surface area contributed by atoms with Crippen LogP contribution in [0.25, 0.3) is 6.08 Å². The second-order valence-electron chi connectivity index (χ2n) is 19.1. The first-order valence-electron chi connectivity index (χ1n) is 20.6. The zero-order chi connectivity index (χ0) is 37.4. The second-order valence-corrected chi connectivity index (χ2v) is 23.9. The van der Waals surface area contributed by atoms with Crippen molar-refractivity contribution in [1.82, 2.24) is 0 Å². The van der Waals surface area contributed by atoms with Crippen molar-refractivity contribution in [2.75, 3.05) is 0 Å². The summed E-state index contributed by atoms with van der Waals surface area (Å²) in [6.45, 7) is 18.2. The predicted octanol–water partition coefficient (Wildman–Crippen LogP) is 12.5. The highest BCUT2D eigenvalue weighted by Gasteiger charge is 2.63. The summed E-state index contributed by atoms with van der Waals surface area (Å²) in [5.41, 5.74) is 3.88. The number of carbonyl (C=O) groups excluding carboxylic acids is 1. The molecule has 0 N–H and O–H groups in total. The maximum absolute atomic E-state index is 12.9. The molecule has 4 aliphatic carbocycles. The minimum absolute atomic E-state index is 0.211. The van der Waals surface area contributed by atoms with Crippen LogP contribution in [-0.2, 0) is 22.4 Å². The van der Waals surface area contributed by atoms with Gasteiger partial charge in [0.05, 0.1) is 6.10 Å². The molecule has 0 aliphatic heterocycles. The molecule has 0 spiro atoms. The molecule has 4 nitrogen and oxygen atoms in total. The minimum atomic E-state index is -1.89. The Kier molecular flexibility index (Phi) is 10.9. The van der Waals surface area contributed by atoms with Crippen LogP contribution in [0.1, 0.15) is 109 Å². The first-order valence-corrected chi connectivity index (χ1v) is 23.5. The lowest BCUT2D eigenvalue weighted by atomic mass is 9.42. The Morgan fingerprint density at radius 3 is 2.00 bits per heavy atom. The summed E-state index contributed by atoms with van der Waals surface area (Å²) in [5.74, 6) is 5.22. The SMILES string of the molecule is CC(C)(C)[Si](C)(C)OC1CC[C@H]2[C@@H]3C(CC=Cc4cc(OCc5ccccc5)cc(OCc5ccccc5)c4)CC4CC(=O)CC[C@]4(C)[C@@H]3CC[C@]12C. The van der Waals surface area contributed by atoms with Gasteiger partial charge in [0.1, 0.15) is 30.5 Å². The Hall–Kier alpha value is -3.15. The Morgan fingerprint density at radius 2 is 1.40 bits per heavy atom. The van der Waals surface area contributed by atoms with Crippen LogP contribution in [0.2, 0.25) is 18.1 Å². The van der Waals surface area contributed by atoms with Crippen molar-refractivity contribution in [2.45, 2.75) is 130 Å². The van der Waals surface area contributed by atoms with E-state index in [9.17, 15) is 4.79 Å². The molecule has 0 amide bonds. The molecule has 0 aromatic heterocycles. The van der Waals surface area contributed by atoms with Gasteiger partial charge in [-0.1, -0.05) is 107 Å². The van der Waals surface area contributed by atoms with E-state index in [0.717, 1.165) is 53.9 Å². The Labute approximate surface area is 321 Å². The first kappa shape index (κ1) is 38.1. The number of hydrogen-bond acceptors (Lipinski definition) is 4. The number of ether oxygens (including phenoxy) is 2. The van der Waals surface area contributed by atoms with Crippen LogP contribution in [0.15, 0.2) is 84.9 Å². The van der Waals surface area contributed by atoms with E-state index in [4.69, 9.17) is 13.9 Å². The summed E-state index contributed by atoms with van der Waals surface area (Å²) in [4.78, 5) is 12.9. The van der Waals surface area contributed by atoms with E-state index in [2.05, 4.69) is 121 Å². The topological polar surface area (TPSA) is 44.8 Å². The van der Waals surface area contributed by atoms with Gasteiger partial charge in [0.25, 0.3) is 0 Å². The molecule has 53 heavy (non-hydrogen) atoms. The monoisotopic (exact) mass is 732 g/mol. The van der Waals surface area contributed by atoms with Crippen LogP contribution in [0, 0.1) is 40.4 Å². The van der Waals surface area contributed by atoms with Gasteiger partial charge in [-0.2, -0.15) is 0 Å². The quantitative estimate of drug-likeness (QED) is 0.184. The van der Waals surface area contributed by atoms with Crippen LogP contribution in [0.5, 0.6) is 11.5 Å². The van der Waals surface area contributed by atoms with Crippen molar-refractivity contribution in [3.05, 3.63) is 102 Å². The zero-order valence-corrected chi connectivity index (χ0v) is 34.5. The molecule has 3 aromatic rings. The van der Waals surface area contributed by atoms with E-state index in [1.807, 2.05) is 18.2 Å². The van der Waals surface area contributed by atoms with E-state index < -0.39 is 8.32 Å². The third kappa shape index (κ3) is 7.99. The van der Waals surface area contributed by atoms with E-state index in [-0.39, 0.29) is 15.9 Å². The lowest BCUT2D eigenvalue weighted by molar-refractivity contribution is -0.154. The highest BCUT2D eigenvalue weighted by atomic mass is 28.4. The maximum atomic E-state index is 12.9. The van der Waals surface area contributed by atoms with Crippen molar-refractivity contribution < 1.29 is 18.7 Å². The number of carbonyl (C=O) groups is 1. The van der Waals surface area contributed by atoms with Gasteiger partial charge >= 0.3 is 0 Å². The number of rotatable bonds is 11. The summed E-state index contributed by atoms with van der Waals surface area (Å²) in [6.07, 6.45) is 14.9. The smallest absolute Gasteiger partial charge is 0.192 e. The summed E-state index contributed by atoms with van der Waals surface area (Å²) in [5, 5.41) is 0.211. The molecule has 0 heterocycles. The van der Waals surface area contributed by atoms with Crippen LogP contribution >= 0.6 is 0 Å². The lowest BCUT2D eigenvalue weighted by Crippen LogP contribution is -2.58. The fraction of sp³-hybridized carbons (Fsp3) is 0.562. The fourth-order valence-corrected chi connectivity index (χ4v) is 12.3. The second kappa shape index (κ2) is 15.2. The molecule has 5 heteroatoms. The zero-order valence-electron chi connectivity index (χ0n) is 33.5. The number of allylic oxidation sites excluding steroid dienone is 1. The Morgan fingerprint density at radius 1 is 0.792 bits per heavy atom. The largest absolute Gasteiger partial charge is 0.489 e. The molecule has 4 aliphatic rings. The first-order chi connectivity index (χ1) is 25.2. The van der Waals surface area contributed by atoms with Crippen molar-refractivity contribution >= 4 is 20.2 Å². The lowest BCUT2D eigenvalue weighted by Gasteiger charge is -2.62. The van der Waals surface area contributed by atoms with Gasteiger partial charge in [-0.25, -0.2) is 0 Å². The average molecular weight is 733 g/mol. The molecular weight excluding hydrogens is 669 g/mol. The van der Waals surface area contributed by atoms with Gasteiger partial charge in [-0.15, -0.1) is 0 Å². The maximum Gasteiger partial charge on any atom is 0.192 e. The molecule has 7 rings (SSSR count). The van der Waals surface area contributed by atoms with Gasteiger partial charge in [0.15, 0.2) is 8.32 Å². The molecule has 8 atom stereocenters.